The number of aryl methyl sites for hydroxylation is 1. The minimum absolute atomic E-state index is 0.0248. The number of hydrogen-bond donors (Lipinski definition) is 2. The number of amides is 1. The second-order valence-electron chi connectivity index (χ2n) is 3.67. The van der Waals surface area contributed by atoms with Crippen molar-refractivity contribution < 1.29 is 4.79 Å². The Morgan fingerprint density at radius 2 is 2.22 bits per heavy atom. The molecule has 0 aliphatic carbocycles. The third-order valence-corrected chi connectivity index (χ3v) is 2.71. The normalized spacial score (nSPS) is 10.1. The predicted octanol–water partition coefficient (Wildman–Crippen LogP) is 1.98. The van der Waals surface area contributed by atoms with E-state index in [1.165, 1.54) is 18.5 Å². The lowest BCUT2D eigenvalue weighted by atomic mass is 10.2. The van der Waals surface area contributed by atoms with Gasteiger partial charge in [0.05, 0.1) is 5.69 Å². The van der Waals surface area contributed by atoms with Crippen molar-refractivity contribution in [2.75, 3.05) is 5.32 Å². The van der Waals surface area contributed by atoms with Gasteiger partial charge in [-0.25, -0.2) is 4.98 Å². The average molecular weight is 264 g/mol. The van der Waals surface area contributed by atoms with Crippen LogP contribution < -0.4 is 10.7 Å². The van der Waals surface area contributed by atoms with Gasteiger partial charge < -0.3 is 10.3 Å². The first-order valence-electron chi connectivity index (χ1n) is 5.19. The van der Waals surface area contributed by atoms with Gasteiger partial charge in [-0.3, -0.25) is 9.59 Å². The van der Waals surface area contributed by atoms with Crippen molar-refractivity contribution in [1.29, 1.82) is 0 Å². The molecule has 0 saturated heterocycles. The van der Waals surface area contributed by atoms with E-state index >= 15 is 0 Å². The first-order valence-corrected chi connectivity index (χ1v) is 5.57. The number of carbonyl (C=O) groups is 1. The Morgan fingerprint density at radius 3 is 2.89 bits per heavy atom. The largest absolute Gasteiger partial charge is 0.367 e. The second kappa shape index (κ2) is 5.01. The molecule has 0 spiro atoms. The molecule has 0 radical (unpaired) electrons. The number of rotatable bonds is 2. The summed E-state index contributed by atoms with van der Waals surface area (Å²) >= 11 is 5.89. The number of halogens is 1. The molecule has 0 aromatic carbocycles. The maximum atomic E-state index is 11.9. The smallest absolute Gasteiger partial charge is 0.261 e. The molecule has 1 amide bonds. The quantitative estimate of drug-likeness (QED) is 0.814. The molecular formula is C12H10ClN3O2. The molecule has 0 atom stereocenters. The van der Waals surface area contributed by atoms with Gasteiger partial charge in [-0.15, -0.1) is 0 Å². The van der Waals surface area contributed by atoms with Crippen LogP contribution >= 0.6 is 11.6 Å². The Balaban J connectivity index is 2.33. The lowest BCUT2D eigenvalue weighted by molar-refractivity contribution is 0.102. The van der Waals surface area contributed by atoms with Gasteiger partial charge >= 0.3 is 0 Å². The summed E-state index contributed by atoms with van der Waals surface area (Å²) in [6.07, 6.45) is 4.35. The molecule has 6 heteroatoms. The van der Waals surface area contributed by atoms with Crippen LogP contribution in [0.3, 0.4) is 0 Å². The van der Waals surface area contributed by atoms with Crippen molar-refractivity contribution >= 4 is 23.2 Å². The van der Waals surface area contributed by atoms with Crippen LogP contribution in [0.5, 0.6) is 0 Å². The zero-order valence-electron chi connectivity index (χ0n) is 9.53. The van der Waals surface area contributed by atoms with Gasteiger partial charge in [0.2, 0.25) is 0 Å². The molecule has 0 fully saturated rings. The van der Waals surface area contributed by atoms with Crippen molar-refractivity contribution in [3.63, 3.8) is 0 Å². The van der Waals surface area contributed by atoms with E-state index in [4.69, 9.17) is 11.6 Å². The zero-order valence-corrected chi connectivity index (χ0v) is 10.3. The minimum Gasteiger partial charge on any atom is -0.367 e. The lowest BCUT2D eigenvalue weighted by Crippen LogP contribution is -2.21. The van der Waals surface area contributed by atoms with Crippen LogP contribution in [0.4, 0.5) is 5.69 Å². The van der Waals surface area contributed by atoms with Crippen LogP contribution in [-0.2, 0) is 0 Å². The molecule has 0 bridgehead atoms. The van der Waals surface area contributed by atoms with Crippen LogP contribution in [-0.4, -0.2) is 15.9 Å². The fourth-order valence-corrected chi connectivity index (χ4v) is 1.70. The van der Waals surface area contributed by atoms with Crippen molar-refractivity contribution in [1.82, 2.24) is 9.97 Å². The van der Waals surface area contributed by atoms with E-state index in [0.717, 1.165) is 5.56 Å². The highest BCUT2D eigenvalue weighted by Gasteiger charge is 2.13. The Morgan fingerprint density at radius 1 is 1.44 bits per heavy atom. The number of nitrogens with one attached hydrogen (secondary N) is 2. The molecule has 2 N–H and O–H groups in total. The molecule has 2 aromatic heterocycles. The van der Waals surface area contributed by atoms with E-state index in [0.29, 0.717) is 5.69 Å². The van der Waals surface area contributed by atoms with Crippen LogP contribution in [0.1, 0.15) is 15.9 Å². The monoisotopic (exact) mass is 263 g/mol. The summed E-state index contributed by atoms with van der Waals surface area (Å²) in [6.45, 7) is 1.79. The van der Waals surface area contributed by atoms with Gasteiger partial charge in [0, 0.05) is 24.7 Å². The summed E-state index contributed by atoms with van der Waals surface area (Å²) < 4.78 is 0. The van der Waals surface area contributed by atoms with Crippen molar-refractivity contribution in [2.24, 2.45) is 0 Å². The number of aromatic amines is 1. The summed E-state index contributed by atoms with van der Waals surface area (Å²) in [5, 5.41) is 2.77. The Labute approximate surface area is 108 Å². The third kappa shape index (κ3) is 2.41. The molecule has 92 valence electrons. The maximum absolute atomic E-state index is 11.9. The Bertz CT molecular complexity index is 632. The summed E-state index contributed by atoms with van der Waals surface area (Å²) in [6, 6.07) is 3.00. The molecule has 0 saturated carbocycles. The molecule has 0 aliphatic rings. The van der Waals surface area contributed by atoms with E-state index < -0.39 is 5.91 Å². The molecule has 18 heavy (non-hydrogen) atoms. The van der Waals surface area contributed by atoms with Gasteiger partial charge in [-0.05, 0) is 18.6 Å². The van der Waals surface area contributed by atoms with Gasteiger partial charge in [0.1, 0.15) is 5.56 Å². The van der Waals surface area contributed by atoms with Crippen molar-refractivity contribution in [2.45, 2.75) is 6.92 Å². The molecule has 0 unspecified atom stereocenters. The standard InChI is InChI=1S/C12H10ClN3O2/c1-7-2-5-15-11(13)10(7)16-12(18)8-6-14-4-3-9(8)17/h2-6H,1H3,(H,14,17)(H,16,18). The van der Waals surface area contributed by atoms with E-state index in [2.05, 4.69) is 15.3 Å². The number of carbonyl (C=O) groups excluding carboxylic acids is 1. The SMILES string of the molecule is Cc1ccnc(Cl)c1NC(=O)c1c[nH]ccc1=O. The van der Waals surface area contributed by atoms with Crippen LogP contribution in [0, 0.1) is 6.92 Å². The average Bonchev–Trinajstić information content (AvgIpc) is 2.34. The minimum atomic E-state index is -0.519. The molecular weight excluding hydrogens is 254 g/mol. The van der Waals surface area contributed by atoms with Crippen LogP contribution in [0.2, 0.25) is 5.15 Å². The first kappa shape index (κ1) is 12.3. The zero-order chi connectivity index (χ0) is 13.1. The summed E-state index contributed by atoms with van der Waals surface area (Å²) in [5.74, 6) is -0.519. The highest BCUT2D eigenvalue weighted by Crippen LogP contribution is 2.22. The number of nitrogens with zero attached hydrogens (tertiary/aromatic N) is 1. The van der Waals surface area contributed by atoms with Gasteiger partial charge in [-0.2, -0.15) is 0 Å². The number of pyridine rings is 2. The van der Waals surface area contributed by atoms with E-state index in [1.807, 2.05) is 0 Å². The van der Waals surface area contributed by atoms with Crippen molar-refractivity contribution in [3.05, 3.63) is 57.2 Å². The fourth-order valence-electron chi connectivity index (χ4n) is 1.45. The van der Waals surface area contributed by atoms with Crippen LogP contribution in [0.15, 0.2) is 35.5 Å². The van der Waals surface area contributed by atoms with Gasteiger partial charge in [0.25, 0.3) is 5.91 Å². The number of aromatic nitrogens is 2. The molecule has 2 heterocycles. The van der Waals surface area contributed by atoms with E-state index in [9.17, 15) is 9.59 Å². The molecule has 0 aliphatic heterocycles. The molecule has 2 aromatic rings. The van der Waals surface area contributed by atoms with Gasteiger partial charge in [-0.1, -0.05) is 11.6 Å². The highest BCUT2D eigenvalue weighted by atomic mass is 35.5. The van der Waals surface area contributed by atoms with Crippen LogP contribution in [0.25, 0.3) is 0 Å². The summed E-state index contributed by atoms with van der Waals surface area (Å²) in [4.78, 5) is 30.0. The Hall–Kier alpha value is -2.14. The number of hydrogen-bond acceptors (Lipinski definition) is 3. The third-order valence-electron chi connectivity index (χ3n) is 2.42. The maximum Gasteiger partial charge on any atom is 0.261 e. The first-order chi connectivity index (χ1) is 8.59. The summed E-state index contributed by atoms with van der Waals surface area (Å²) in [7, 11) is 0. The lowest BCUT2D eigenvalue weighted by Gasteiger charge is -2.08. The van der Waals surface area contributed by atoms with Gasteiger partial charge in [0.15, 0.2) is 10.6 Å². The van der Waals surface area contributed by atoms with E-state index in [-0.39, 0.29) is 16.1 Å². The number of anilines is 1. The predicted molar refractivity (Wildman–Crippen MR) is 69.0 cm³/mol. The summed E-state index contributed by atoms with van der Waals surface area (Å²) in [5.41, 5.74) is 0.851. The number of H-pyrrole nitrogens is 1. The molecule has 5 nitrogen and oxygen atoms in total. The molecule has 2 rings (SSSR count). The van der Waals surface area contributed by atoms with Crippen molar-refractivity contribution in [3.8, 4) is 0 Å². The van der Waals surface area contributed by atoms with E-state index in [1.54, 1.807) is 19.2 Å². The topological polar surface area (TPSA) is 74.8 Å². The Kier molecular flexibility index (Phi) is 3.43. The highest BCUT2D eigenvalue weighted by molar-refractivity contribution is 6.32. The second-order valence-corrected chi connectivity index (χ2v) is 4.03. The fraction of sp³-hybridized carbons (Fsp3) is 0.0833.